The number of hydrogen-bond acceptors (Lipinski definition) is 4. The SMILES string of the molecule is Cc1ccc2c(=O)n(S(=O)(=O)c3ccc(Cl)cc3)c(=O)[nH]c2c1C. The molecule has 0 unspecified atom stereocenters. The molecule has 1 aromatic heterocycles. The summed E-state index contributed by atoms with van der Waals surface area (Å²) in [7, 11) is -4.33. The van der Waals surface area contributed by atoms with Gasteiger partial charge in [0.1, 0.15) is 0 Å². The van der Waals surface area contributed by atoms with Crippen molar-refractivity contribution in [3.63, 3.8) is 0 Å². The topological polar surface area (TPSA) is 89.0 Å². The fourth-order valence-corrected chi connectivity index (χ4v) is 3.84. The molecular weight excluding hydrogens is 352 g/mol. The Kier molecular flexibility index (Phi) is 3.85. The summed E-state index contributed by atoms with van der Waals surface area (Å²) in [5.74, 6) is 0. The van der Waals surface area contributed by atoms with Crippen LogP contribution < -0.4 is 11.2 Å². The van der Waals surface area contributed by atoms with Crippen molar-refractivity contribution in [3.05, 3.63) is 73.4 Å². The van der Waals surface area contributed by atoms with Crippen LogP contribution in [0.15, 0.2) is 50.9 Å². The summed E-state index contributed by atoms with van der Waals surface area (Å²) in [6, 6.07) is 8.45. The third-order valence-electron chi connectivity index (χ3n) is 3.92. The van der Waals surface area contributed by atoms with Crippen LogP contribution in [0.5, 0.6) is 0 Å². The third-order valence-corrected chi connectivity index (χ3v) is 5.85. The number of rotatable bonds is 2. The smallest absolute Gasteiger partial charge is 0.306 e. The van der Waals surface area contributed by atoms with Crippen molar-refractivity contribution >= 4 is 32.5 Å². The van der Waals surface area contributed by atoms with E-state index in [1.807, 2.05) is 6.92 Å². The standard InChI is InChI=1S/C16H13ClN2O4S/c1-9-3-8-13-14(10(9)2)18-16(21)19(15(13)20)24(22,23)12-6-4-11(17)5-7-12/h3-8H,1-2H3,(H,18,21). The van der Waals surface area contributed by atoms with Crippen molar-refractivity contribution < 1.29 is 8.42 Å². The summed E-state index contributed by atoms with van der Waals surface area (Å²) in [4.78, 5) is 27.2. The minimum atomic E-state index is -4.33. The molecule has 0 aliphatic carbocycles. The first-order chi connectivity index (χ1) is 11.2. The number of aromatic nitrogens is 2. The molecule has 0 aliphatic heterocycles. The van der Waals surface area contributed by atoms with Crippen molar-refractivity contribution in [2.24, 2.45) is 0 Å². The van der Waals surface area contributed by atoms with Gasteiger partial charge in [0.25, 0.3) is 15.6 Å². The van der Waals surface area contributed by atoms with Crippen LogP contribution in [-0.2, 0) is 10.0 Å². The monoisotopic (exact) mass is 364 g/mol. The summed E-state index contributed by atoms with van der Waals surface area (Å²) in [6.45, 7) is 3.59. The Hall–Kier alpha value is -2.38. The minimum absolute atomic E-state index is 0.134. The van der Waals surface area contributed by atoms with Gasteiger partial charge < -0.3 is 4.98 Å². The lowest BCUT2D eigenvalue weighted by atomic mass is 10.1. The molecule has 0 spiro atoms. The minimum Gasteiger partial charge on any atom is -0.306 e. The zero-order valence-corrected chi connectivity index (χ0v) is 14.4. The molecule has 1 heterocycles. The van der Waals surface area contributed by atoms with Crippen molar-refractivity contribution in [2.75, 3.05) is 0 Å². The molecule has 1 N–H and O–H groups in total. The number of H-pyrrole nitrogens is 1. The number of aryl methyl sites for hydroxylation is 2. The number of aromatic amines is 1. The van der Waals surface area contributed by atoms with Gasteiger partial charge in [-0.25, -0.2) is 13.2 Å². The van der Waals surface area contributed by atoms with Crippen LogP contribution in [0.2, 0.25) is 5.02 Å². The number of nitrogens with zero attached hydrogens (tertiary/aromatic N) is 1. The molecule has 24 heavy (non-hydrogen) atoms. The largest absolute Gasteiger partial charge is 0.343 e. The van der Waals surface area contributed by atoms with Gasteiger partial charge in [0.15, 0.2) is 0 Å². The molecule has 6 nitrogen and oxygen atoms in total. The first kappa shape index (κ1) is 16.5. The molecule has 0 bridgehead atoms. The van der Waals surface area contributed by atoms with Gasteiger partial charge in [0, 0.05) is 5.02 Å². The zero-order valence-electron chi connectivity index (χ0n) is 12.8. The van der Waals surface area contributed by atoms with E-state index in [4.69, 9.17) is 11.6 Å². The quantitative estimate of drug-likeness (QED) is 0.754. The van der Waals surface area contributed by atoms with Crippen molar-refractivity contribution in [1.29, 1.82) is 0 Å². The molecule has 124 valence electrons. The molecule has 0 fully saturated rings. The Labute approximate surface area is 142 Å². The molecule has 0 saturated carbocycles. The van der Waals surface area contributed by atoms with E-state index < -0.39 is 21.3 Å². The normalized spacial score (nSPS) is 11.8. The number of benzene rings is 2. The predicted molar refractivity (Wildman–Crippen MR) is 92.3 cm³/mol. The molecule has 0 atom stereocenters. The second kappa shape index (κ2) is 5.61. The molecule has 3 rings (SSSR count). The third kappa shape index (κ3) is 2.46. The number of halogens is 1. The van der Waals surface area contributed by atoms with Crippen LogP contribution in [0.3, 0.4) is 0 Å². The second-order valence-electron chi connectivity index (χ2n) is 5.39. The molecule has 0 aliphatic rings. The summed E-state index contributed by atoms with van der Waals surface area (Å²) in [5.41, 5.74) is 0.0594. The van der Waals surface area contributed by atoms with Crippen LogP contribution in [0.1, 0.15) is 11.1 Å². The second-order valence-corrected chi connectivity index (χ2v) is 7.61. The molecule has 8 heteroatoms. The van der Waals surface area contributed by atoms with Crippen molar-refractivity contribution in [1.82, 2.24) is 8.96 Å². The Morgan fingerprint density at radius 1 is 1.00 bits per heavy atom. The first-order valence-electron chi connectivity index (χ1n) is 7.00. The van der Waals surface area contributed by atoms with Gasteiger partial charge in [-0.1, -0.05) is 17.7 Å². The summed E-state index contributed by atoms with van der Waals surface area (Å²) >= 11 is 5.75. The van der Waals surface area contributed by atoms with Crippen molar-refractivity contribution in [2.45, 2.75) is 18.7 Å². The lowest BCUT2D eigenvalue weighted by molar-refractivity contribution is 0.582. The average Bonchev–Trinajstić information content (AvgIpc) is 2.51. The molecule has 0 amide bonds. The number of fused-ring (bicyclic) bond motifs is 1. The average molecular weight is 365 g/mol. The van der Waals surface area contributed by atoms with Gasteiger partial charge in [0.05, 0.1) is 15.8 Å². The van der Waals surface area contributed by atoms with E-state index in [1.165, 1.54) is 30.3 Å². The van der Waals surface area contributed by atoms with Crippen LogP contribution in [0.4, 0.5) is 0 Å². The van der Waals surface area contributed by atoms with Gasteiger partial charge in [-0.15, -0.1) is 3.97 Å². The molecule has 3 aromatic rings. The number of hydrogen-bond donors (Lipinski definition) is 1. The van der Waals surface area contributed by atoms with E-state index >= 15 is 0 Å². The van der Waals surface area contributed by atoms with Gasteiger partial charge in [-0.2, -0.15) is 0 Å². The van der Waals surface area contributed by atoms with E-state index in [0.717, 1.165) is 11.1 Å². The first-order valence-corrected chi connectivity index (χ1v) is 8.81. The van der Waals surface area contributed by atoms with E-state index in [0.29, 0.717) is 10.5 Å². The van der Waals surface area contributed by atoms with Crippen molar-refractivity contribution in [3.8, 4) is 0 Å². The fraction of sp³-hybridized carbons (Fsp3) is 0.125. The van der Waals surface area contributed by atoms with Crippen LogP contribution in [0, 0.1) is 13.8 Å². The van der Waals surface area contributed by atoms with E-state index in [9.17, 15) is 18.0 Å². The van der Waals surface area contributed by atoms with Gasteiger partial charge in [-0.05, 0) is 55.3 Å². The molecular formula is C16H13ClN2O4S. The van der Waals surface area contributed by atoms with Gasteiger partial charge >= 0.3 is 5.69 Å². The summed E-state index contributed by atoms with van der Waals surface area (Å²) in [5, 5.41) is 0.482. The van der Waals surface area contributed by atoms with Gasteiger partial charge in [-0.3, -0.25) is 4.79 Å². The van der Waals surface area contributed by atoms with Crippen LogP contribution >= 0.6 is 11.6 Å². The maximum atomic E-state index is 12.7. The predicted octanol–water partition coefficient (Wildman–Crippen LogP) is 2.20. The lowest BCUT2D eigenvalue weighted by Gasteiger charge is -2.10. The Morgan fingerprint density at radius 3 is 2.25 bits per heavy atom. The highest BCUT2D eigenvalue weighted by atomic mass is 35.5. The highest BCUT2D eigenvalue weighted by molar-refractivity contribution is 7.90. The van der Waals surface area contributed by atoms with E-state index in [2.05, 4.69) is 4.98 Å². The fourth-order valence-electron chi connectivity index (χ4n) is 2.44. The Morgan fingerprint density at radius 2 is 1.62 bits per heavy atom. The Bertz CT molecular complexity index is 1180. The maximum Gasteiger partial charge on any atom is 0.343 e. The van der Waals surface area contributed by atoms with E-state index in [1.54, 1.807) is 13.0 Å². The molecule has 0 saturated heterocycles. The van der Waals surface area contributed by atoms with Crippen LogP contribution in [0.25, 0.3) is 10.9 Å². The summed E-state index contributed by atoms with van der Waals surface area (Å²) < 4.78 is 25.6. The van der Waals surface area contributed by atoms with Gasteiger partial charge in [0.2, 0.25) is 0 Å². The Balaban J connectivity index is 2.39. The lowest BCUT2D eigenvalue weighted by Crippen LogP contribution is -2.40. The van der Waals surface area contributed by atoms with E-state index in [-0.39, 0.29) is 14.3 Å². The highest BCUT2D eigenvalue weighted by Gasteiger charge is 2.23. The zero-order chi connectivity index (χ0) is 17.6. The summed E-state index contributed by atoms with van der Waals surface area (Å²) in [6.07, 6.45) is 0. The number of nitrogens with one attached hydrogen (secondary N) is 1. The maximum absolute atomic E-state index is 12.7. The van der Waals surface area contributed by atoms with Crippen LogP contribution in [-0.4, -0.2) is 17.4 Å². The molecule has 0 radical (unpaired) electrons. The highest BCUT2D eigenvalue weighted by Crippen LogP contribution is 2.18. The molecule has 2 aromatic carbocycles.